The van der Waals surface area contributed by atoms with Crippen LogP contribution in [0.4, 0.5) is 5.82 Å². The highest BCUT2D eigenvalue weighted by Gasteiger charge is 2.06. The maximum Gasteiger partial charge on any atom is 0.148 e. The summed E-state index contributed by atoms with van der Waals surface area (Å²) in [5.74, 6) is 0.847. The van der Waals surface area contributed by atoms with Crippen LogP contribution in [-0.4, -0.2) is 9.97 Å². The van der Waals surface area contributed by atoms with Crippen molar-refractivity contribution in [1.82, 2.24) is 9.97 Å². The summed E-state index contributed by atoms with van der Waals surface area (Å²) >= 11 is 9.22. The summed E-state index contributed by atoms with van der Waals surface area (Å²) in [6.45, 7) is 2.84. The van der Waals surface area contributed by atoms with Gasteiger partial charge in [0.15, 0.2) is 0 Å². The molecule has 0 aliphatic heterocycles. The molecule has 2 rings (SSSR count). The average Bonchev–Trinajstić information content (AvgIpc) is 2.40. The Balaban J connectivity index is 2.08. The van der Waals surface area contributed by atoms with Crippen molar-refractivity contribution in [1.29, 1.82) is 0 Å². The minimum absolute atomic E-state index is 0.712. The minimum atomic E-state index is 0.712. The lowest BCUT2D eigenvalue weighted by Crippen LogP contribution is -2.06. The van der Waals surface area contributed by atoms with E-state index >= 15 is 0 Å². The van der Waals surface area contributed by atoms with Gasteiger partial charge in [-0.1, -0.05) is 37.1 Å². The molecule has 0 atom stereocenters. The van der Waals surface area contributed by atoms with Gasteiger partial charge in [0.2, 0.25) is 0 Å². The Morgan fingerprint density at radius 3 is 2.68 bits per heavy atom. The summed E-state index contributed by atoms with van der Waals surface area (Å²) < 4.78 is 0.771. The first-order chi connectivity index (χ1) is 9.19. The fourth-order valence-electron chi connectivity index (χ4n) is 1.75. The van der Waals surface area contributed by atoms with Gasteiger partial charge in [0, 0.05) is 11.6 Å². The first-order valence-corrected chi connectivity index (χ1v) is 7.36. The predicted octanol–water partition coefficient (Wildman–Crippen LogP) is 4.46. The Kier molecular flexibility index (Phi) is 5.16. The first kappa shape index (κ1) is 14.3. The number of hydrogen-bond acceptors (Lipinski definition) is 3. The van der Waals surface area contributed by atoms with E-state index in [2.05, 4.69) is 38.1 Å². The Labute approximate surface area is 126 Å². The van der Waals surface area contributed by atoms with Gasteiger partial charge >= 0.3 is 0 Å². The molecule has 0 amide bonds. The predicted molar refractivity (Wildman–Crippen MR) is 82.5 cm³/mol. The van der Waals surface area contributed by atoms with Gasteiger partial charge in [0.1, 0.15) is 10.4 Å². The molecule has 19 heavy (non-hydrogen) atoms. The lowest BCUT2D eigenvalue weighted by molar-refractivity contribution is 0.862. The molecule has 100 valence electrons. The molecule has 5 heteroatoms. The number of nitrogens with zero attached hydrogens (tertiary/aromatic N) is 2. The number of aromatic nitrogens is 2. The third-order valence-corrected chi connectivity index (χ3v) is 3.31. The van der Waals surface area contributed by atoms with E-state index in [-0.39, 0.29) is 0 Å². The second-order valence-corrected chi connectivity index (χ2v) is 5.47. The highest BCUT2D eigenvalue weighted by molar-refractivity contribution is 9.10. The van der Waals surface area contributed by atoms with E-state index in [0.717, 1.165) is 39.5 Å². The standard InChI is InChI=1S/C14H15BrClN3/c1-2-3-12-14(18-9-13(15)19-12)17-8-10-4-6-11(16)7-5-10/h4-7,9H,2-3,8H2,1H3,(H,17,18). The second-order valence-electron chi connectivity index (χ2n) is 4.22. The SMILES string of the molecule is CCCc1nc(Br)cnc1NCc1ccc(Cl)cc1. The molecule has 3 nitrogen and oxygen atoms in total. The third kappa shape index (κ3) is 4.18. The summed E-state index contributed by atoms with van der Waals surface area (Å²) in [6, 6.07) is 7.78. The van der Waals surface area contributed by atoms with Crippen LogP contribution in [0.3, 0.4) is 0 Å². The lowest BCUT2D eigenvalue weighted by atomic mass is 10.2. The number of aryl methyl sites for hydroxylation is 1. The Hall–Kier alpha value is -1.13. The highest BCUT2D eigenvalue weighted by atomic mass is 79.9. The molecule has 1 aromatic heterocycles. The topological polar surface area (TPSA) is 37.8 Å². The van der Waals surface area contributed by atoms with Crippen molar-refractivity contribution in [3.05, 3.63) is 51.3 Å². The quantitative estimate of drug-likeness (QED) is 0.873. The van der Waals surface area contributed by atoms with Gasteiger partial charge < -0.3 is 5.32 Å². The molecule has 1 aromatic carbocycles. The van der Waals surface area contributed by atoms with Crippen LogP contribution in [-0.2, 0) is 13.0 Å². The number of rotatable bonds is 5. The van der Waals surface area contributed by atoms with E-state index in [1.165, 1.54) is 0 Å². The van der Waals surface area contributed by atoms with Gasteiger partial charge in [0.25, 0.3) is 0 Å². The van der Waals surface area contributed by atoms with Crippen molar-refractivity contribution in [2.75, 3.05) is 5.32 Å². The van der Waals surface area contributed by atoms with Gasteiger partial charge in [-0.25, -0.2) is 9.97 Å². The Morgan fingerprint density at radius 1 is 1.26 bits per heavy atom. The van der Waals surface area contributed by atoms with Crippen LogP contribution in [0.1, 0.15) is 24.6 Å². The normalized spacial score (nSPS) is 10.5. The number of benzene rings is 1. The van der Waals surface area contributed by atoms with E-state index in [1.54, 1.807) is 6.20 Å². The average molecular weight is 341 g/mol. The Morgan fingerprint density at radius 2 is 2.00 bits per heavy atom. The lowest BCUT2D eigenvalue weighted by Gasteiger charge is -2.10. The maximum absolute atomic E-state index is 5.86. The van der Waals surface area contributed by atoms with E-state index in [9.17, 15) is 0 Å². The summed E-state index contributed by atoms with van der Waals surface area (Å²) in [7, 11) is 0. The van der Waals surface area contributed by atoms with Gasteiger partial charge in [-0.15, -0.1) is 0 Å². The van der Waals surface area contributed by atoms with Gasteiger partial charge in [-0.2, -0.15) is 0 Å². The molecule has 0 saturated carbocycles. The molecule has 1 heterocycles. The Bertz CT molecular complexity index is 543. The van der Waals surface area contributed by atoms with E-state index in [1.807, 2.05) is 24.3 Å². The van der Waals surface area contributed by atoms with Gasteiger partial charge in [-0.3, -0.25) is 0 Å². The molecular weight excluding hydrogens is 326 g/mol. The minimum Gasteiger partial charge on any atom is -0.364 e. The molecule has 0 saturated heterocycles. The number of anilines is 1. The van der Waals surface area contributed by atoms with Crippen molar-refractivity contribution >= 4 is 33.3 Å². The largest absolute Gasteiger partial charge is 0.364 e. The van der Waals surface area contributed by atoms with Crippen molar-refractivity contribution < 1.29 is 0 Å². The zero-order chi connectivity index (χ0) is 13.7. The number of hydrogen-bond donors (Lipinski definition) is 1. The fourth-order valence-corrected chi connectivity index (χ4v) is 2.19. The molecule has 2 aromatic rings. The zero-order valence-corrected chi connectivity index (χ0v) is 13.0. The first-order valence-electron chi connectivity index (χ1n) is 6.18. The second kappa shape index (κ2) is 6.87. The van der Waals surface area contributed by atoms with Crippen molar-refractivity contribution in [2.24, 2.45) is 0 Å². The molecular formula is C14H15BrClN3. The molecule has 0 aliphatic carbocycles. The van der Waals surface area contributed by atoms with Crippen molar-refractivity contribution in [2.45, 2.75) is 26.3 Å². The van der Waals surface area contributed by atoms with Gasteiger partial charge in [0.05, 0.1) is 11.9 Å². The van der Waals surface area contributed by atoms with E-state index < -0.39 is 0 Å². The van der Waals surface area contributed by atoms with Crippen LogP contribution >= 0.6 is 27.5 Å². The van der Waals surface area contributed by atoms with Crippen LogP contribution in [0.15, 0.2) is 35.1 Å². The van der Waals surface area contributed by atoms with Gasteiger partial charge in [-0.05, 0) is 40.0 Å². The molecule has 1 N–H and O–H groups in total. The van der Waals surface area contributed by atoms with Crippen molar-refractivity contribution in [3.8, 4) is 0 Å². The summed E-state index contributed by atoms with van der Waals surface area (Å²) in [6.07, 6.45) is 3.67. The van der Waals surface area contributed by atoms with Crippen LogP contribution in [0.2, 0.25) is 5.02 Å². The molecule has 0 spiro atoms. The smallest absolute Gasteiger partial charge is 0.148 e. The summed E-state index contributed by atoms with van der Waals surface area (Å²) in [4.78, 5) is 8.84. The monoisotopic (exact) mass is 339 g/mol. The van der Waals surface area contributed by atoms with Crippen LogP contribution in [0.25, 0.3) is 0 Å². The molecule has 0 aliphatic rings. The summed E-state index contributed by atoms with van der Waals surface area (Å²) in [5, 5.41) is 4.07. The van der Waals surface area contributed by atoms with Crippen LogP contribution in [0, 0.1) is 0 Å². The highest BCUT2D eigenvalue weighted by Crippen LogP contribution is 2.17. The summed E-state index contributed by atoms with van der Waals surface area (Å²) in [5.41, 5.74) is 2.16. The molecule has 0 radical (unpaired) electrons. The number of halogens is 2. The number of nitrogens with one attached hydrogen (secondary N) is 1. The maximum atomic E-state index is 5.86. The molecule has 0 fully saturated rings. The molecule has 0 unspecified atom stereocenters. The fraction of sp³-hybridized carbons (Fsp3) is 0.286. The van der Waals surface area contributed by atoms with E-state index in [0.29, 0.717) is 6.54 Å². The third-order valence-electron chi connectivity index (χ3n) is 2.68. The molecule has 0 bridgehead atoms. The van der Waals surface area contributed by atoms with Crippen LogP contribution in [0.5, 0.6) is 0 Å². The zero-order valence-electron chi connectivity index (χ0n) is 10.7. The van der Waals surface area contributed by atoms with Crippen LogP contribution < -0.4 is 5.32 Å². The van der Waals surface area contributed by atoms with E-state index in [4.69, 9.17) is 11.6 Å². The van der Waals surface area contributed by atoms with Crippen molar-refractivity contribution in [3.63, 3.8) is 0 Å².